The molecule has 9 aromatic rings. The van der Waals surface area contributed by atoms with E-state index >= 15 is 8.78 Å². The molecule has 0 atom stereocenters. The molecule has 0 radical (unpaired) electrons. The van der Waals surface area contributed by atoms with Crippen molar-refractivity contribution < 1.29 is 8.78 Å². The van der Waals surface area contributed by atoms with Gasteiger partial charge >= 0.3 is 0 Å². The second-order valence-corrected chi connectivity index (χ2v) is 13.1. The van der Waals surface area contributed by atoms with Crippen LogP contribution in [0.2, 0.25) is 0 Å². The lowest BCUT2D eigenvalue weighted by atomic mass is 9.96. The first-order chi connectivity index (χ1) is 25.0. The van der Waals surface area contributed by atoms with Crippen LogP contribution in [0.5, 0.6) is 0 Å². The molecule has 1 aliphatic rings. The zero-order valence-electron chi connectivity index (χ0n) is 27.2. The highest BCUT2D eigenvalue weighted by Crippen LogP contribution is 2.51. The standard InChI is InChI=1S/C46H27F2N3/c47-46(48)41-12-6-5-11-39(41)40-22-21-34(27-42(40)46)33-17-13-30-16-20-37(26-38(30)25-33)45-50-43(35-18-14-28-7-1-3-9-31(28)23-35)49-44(51-45)36-19-15-29-8-2-4-10-32(29)24-36/h1-27H. The second kappa shape index (κ2) is 11.2. The van der Waals surface area contributed by atoms with Crippen LogP contribution in [0.4, 0.5) is 8.78 Å². The van der Waals surface area contributed by atoms with E-state index in [0.29, 0.717) is 28.6 Å². The highest BCUT2D eigenvalue weighted by molar-refractivity contribution is 5.92. The first-order valence-electron chi connectivity index (χ1n) is 16.9. The lowest BCUT2D eigenvalue weighted by molar-refractivity contribution is 0.0480. The minimum atomic E-state index is -3.05. The van der Waals surface area contributed by atoms with Gasteiger partial charge in [-0.25, -0.2) is 15.0 Å². The summed E-state index contributed by atoms with van der Waals surface area (Å²) in [6.45, 7) is 0. The lowest BCUT2D eigenvalue weighted by Crippen LogP contribution is -2.10. The Balaban J connectivity index is 1.10. The number of rotatable bonds is 4. The third-order valence-electron chi connectivity index (χ3n) is 10.00. The van der Waals surface area contributed by atoms with Gasteiger partial charge in [-0.05, 0) is 84.9 Å². The van der Waals surface area contributed by atoms with Crippen LogP contribution < -0.4 is 0 Å². The van der Waals surface area contributed by atoms with Gasteiger partial charge in [-0.15, -0.1) is 0 Å². The maximum Gasteiger partial charge on any atom is 0.299 e. The third kappa shape index (κ3) is 4.89. The predicted molar refractivity (Wildman–Crippen MR) is 203 cm³/mol. The molecule has 0 saturated heterocycles. The monoisotopic (exact) mass is 659 g/mol. The van der Waals surface area contributed by atoms with Gasteiger partial charge in [0.15, 0.2) is 17.5 Å². The molecule has 0 unspecified atom stereocenters. The fraction of sp³-hybridized carbons (Fsp3) is 0.0217. The van der Waals surface area contributed by atoms with E-state index < -0.39 is 5.92 Å². The molecule has 51 heavy (non-hydrogen) atoms. The lowest BCUT2D eigenvalue weighted by Gasteiger charge is -2.14. The van der Waals surface area contributed by atoms with Crippen LogP contribution in [0.15, 0.2) is 164 Å². The molecule has 5 heteroatoms. The fourth-order valence-corrected chi connectivity index (χ4v) is 7.34. The number of aromatic nitrogens is 3. The van der Waals surface area contributed by atoms with Crippen molar-refractivity contribution in [1.82, 2.24) is 15.0 Å². The topological polar surface area (TPSA) is 38.7 Å². The van der Waals surface area contributed by atoms with Gasteiger partial charge in [0.2, 0.25) is 0 Å². The quantitative estimate of drug-likeness (QED) is 0.189. The summed E-state index contributed by atoms with van der Waals surface area (Å²) in [6.07, 6.45) is 0. The summed E-state index contributed by atoms with van der Waals surface area (Å²) in [7, 11) is 0. The van der Waals surface area contributed by atoms with Gasteiger partial charge in [0, 0.05) is 27.8 Å². The van der Waals surface area contributed by atoms with Gasteiger partial charge in [0.25, 0.3) is 5.92 Å². The first-order valence-corrected chi connectivity index (χ1v) is 16.9. The smallest absolute Gasteiger partial charge is 0.208 e. The van der Waals surface area contributed by atoms with Gasteiger partial charge in [0.05, 0.1) is 0 Å². The second-order valence-electron chi connectivity index (χ2n) is 13.1. The number of benzene rings is 8. The summed E-state index contributed by atoms with van der Waals surface area (Å²) in [4.78, 5) is 15.1. The zero-order valence-corrected chi connectivity index (χ0v) is 27.2. The molecule has 1 aliphatic carbocycles. The number of halogens is 2. The highest BCUT2D eigenvalue weighted by atomic mass is 19.3. The van der Waals surface area contributed by atoms with Crippen molar-refractivity contribution in [3.63, 3.8) is 0 Å². The average molecular weight is 660 g/mol. The van der Waals surface area contributed by atoms with Crippen molar-refractivity contribution in [2.24, 2.45) is 0 Å². The molecule has 10 rings (SSSR count). The van der Waals surface area contributed by atoms with E-state index in [0.717, 1.165) is 60.1 Å². The fourth-order valence-electron chi connectivity index (χ4n) is 7.34. The van der Waals surface area contributed by atoms with Crippen molar-refractivity contribution in [2.45, 2.75) is 5.92 Å². The maximum absolute atomic E-state index is 15.6. The van der Waals surface area contributed by atoms with Crippen LogP contribution in [0.3, 0.4) is 0 Å². The Labute approximate surface area is 292 Å². The van der Waals surface area contributed by atoms with Crippen molar-refractivity contribution in [3.05, 3.63) is 175 Å². The summed E-state index contributed by atoms with van der Waals surface area (Å²) in [6, 6.07) is 53.4. The van der Waals surface area contributed by atoms with Crippen molar-refractivity contribution in [1.29, 1.82) is 0 Å². The summed E-state index contributed by atoms with van der Waals surface area (Å²) in [5.74, 6) is -1.32. The molecule has 0 fully saturated rings. The zero-order chi connectivity index (χ0) is 34.1. The Morgan fingerprint density at radius 2 is 0.706 bits per heavy atom. The van der Waals surface area contributed by atoms with E-state index in [1.807, 2.05) is 54.6 Å². The Morgan fingerprint density at radius 1 is 0.314 bits per heavy atom. The van der Waals surface area contributed by atoms with E-state index in [2.05, 4.69) is 78.9 Å². The molecule has 0 amide bonds. The van der Waals surface area contributed by atoms with E-state index in [4.69, 9.17) is 15.0 Å². The molecule has 0 saturated carbocycles. The molecular formula is C46H27F2N3. The molecule has 1 aromatic heterocycles. The number of hydrogen-bond acceptors (Lipinski definition) is 3. The summed E-state index contributed by atoms with van der Waals surface area (Å²) in [5.41, 5.74) is 5.52. The van der Waals surface area contributed by atoms with Crippen LogP contribution >= 0.6 is 0 Å². The number of hydrogen-bond donors (Lipinski definition) is 0. The minimum Gasteiger partial charge on any atom is -0.208 e. The van der Waals surface area contributed by atoms with Gasteiger partial charge in [-0.1, -0.05) is 133 Å². The van der Waals surface area contributed by atoms with E-state index in [1.54, 1.807) is 24.3 Å². The largest absolute Gasteiger partial charge is 0.299 e. The number of nitrogens with zero attached hydrogens (tertiary/aromatic N) is 3. The normalized spacial score (nSPS) is 13.1. The first kappa shape index (κ1) is 29.3. The van der Waals surface area contributed by atoms with Gasteiger partial charge in [-0.3, -0.25) is 0 Å². The van der Waals surface area contributed by atoms with Crippen molar-refractivity contribution in [2.75, 3.05) is 0 Å². The van der Waals surface area contributed by atoms with Crippen LogP contribution in [0.25, 0.3) is 88.7 Å². The Morgan fingerprint density at radius 3 is 1.29 bits per heavy atom. The Hall–Kier alpha value is -6.59. The van der Waals surface area contributed by atoms with Gasteiger partial charge in [0.1, 0.15) is 0 Å². The highest BCUT2D eigenvalue weighted by Gasteiger charge is 2.44. The molecule has 240 valence electrons. The Kier molecular flexibility index (Phi) is 6.46. The van der Waals surface area contributed by atoms with E-state index in [-0.39, 0.29) is 11.1 Å². The van der Waals surface area contributed by atoms with Gasteiger partial charge < -0.3 is 0 Å². The maximum atomic E-state index is 15.6. The van der Waals surface area contributed by atoms with Crippen LogP contribution in [-0.2, 0) is 5.92 Å². The van der Waals surface area contributed by atoms with Crippen LogP contribution in [-0.4, -0.2) is 15.0 Å². The number of alkyl halides is 2. The van der Waals surface area contributed by atoms with E-state index in [1.165, 1.54) is 6.07 Å². The number of fused-ring (bicyclic) bond motifs is 6. The van der Waals surface area contributed by atoms with Gasteiger partial charge in [-0.2, -0.15) is 8.78 Å². The minimum absolute atomic E-state index is 0.0441. The Bertz CT molecular complexity index is 2760. The summed E-state index contributed by atoms with van der Waals surface area (Å²) >= 11 is 0. The average Bonchev–Trinajstić information content (AvgIpc) is 3.42. The molecule has 8 aromatic carbocycles. The summed E-state index contributed by atoms with van der Waals surface area (Å²) < 4.78 is 31.1. The molecule has 0 N–H and O–H groups in total. The molecule has 0 spiro atoms. The van der Waals surface area contributed by atoms with E-state index in [9.17, 15) is 0 Å². The van der Waals surface area contributed by atoms with Crippen LogP contribution in [0.1, 0.15) is 11.1 Å². The van der Waals surface area contributed by atoms with Crippen molar-refractivity contribution in [3.8, 4) is 56.4 Å². The third-order valence-corrected chi connectivity index (χ3v) is 10.00. The van der Waals surface area contributed by atoms with Crippen LogP contribution in [0, 0.1) is 0 Å². The molecule has 1 heterocycles. The molecule has 0 aliphatic heterocycles. The van der Waals surface area contributed by atoms with Crippen molar-refractivity contribution >= 4 is 32.3 Å². The molecule has 3 nitrogen and oxygen atoms in total. The SMILES string of the molecule is FC1(F)c2ccccc2-c2ccc(-c3ccc4ccc(-c5nc(-c6ccc7ccccc7c6)nc(-c6ccc7ccccc7c6)n5)cc4c3)cc21. The predicted octanol–water partition coefficient (Wildman–Crippen LogP) is 12.1. The summed E-state index contributed by atoms with van der Waals surface area (Å²) in [5, 5.41) is 6.49. The molecular weight excluding hydrogens is 633 g/mol. The molecule has 0 bridgehead atoms.